The molecular formula is C16H22O6. The van der Waals surface area contributed by atoms with Gasteiger partial charge < -0.3 is 30.6 Å². The Labute approximate surface area is 128 Å². The highest BCUT2D eigenvalue weighted by atomic mass is 16.4. The molecule has 0 aromatic heterocycles. The Balaban J connectivity index is 3.10. The Morgan fingerprint density at radius 2 is 1.64 bits per heavy atom. The molecule has 4 unspecified atom stereocenters. The lowest BCUT2D eigenvalue weighted by Crippen LogP contribution is -2.46. The van der Waals surface area contributed by atoms with Crippen molar-refractivity contribution in [3.05, 3.63) is 54.3 Å². The van der Waals surface area contributed by atoms with Crippen LogP contribution >= 0.6 is 0 Å². The van der Waals surface area contributed by atoms with E-state index in [-0.39, 0.29) is 6.42 Å². The monoisotopic (exact) mass is 310 g/mol. The first-order valence-electron chi connectivity index (χ1n) is 6.85. The van der Waals surface area contributed by atoms with Crippen LogP contribution in [0.4, 0.5) is 0 Å². The van der Waals surface area contributed by atoms with Crippen LogP contribution in [-0.4, -0.2) is 61.7 Å². The van der Waals surface area contributed by atoms with Gasteiger partial charge in [0.25, 0.3) is 0 Å². The Hall–Kier alpha value is -1.70. The lowest BCUT2D eigenvalue weighted by Gasteiger charge is -2.26. The average Bonchev–Trinajstić information content (AvgIpc) is 2.57. The highest BCUT2D eigenvalue weighted by Crippen LogP contribution is 2.25. The molecule has 1 aromatic carbocycles. The van der Waals surface area contributed by atoms with Gasteiger partial charge in [0.15, 0.2) is 0 Å². The maximum atomic E-state index is 10.2. The summed E-state index contributed by atoms with van der Waals surface area (Å²) in [6.07, 6.45) is -5.34. The maximum Gasteiger partial charge on any atom is 0.139 e. The first-order valence-corrected chi connectivity index (χ1v) is 6.85. The van der Waals surface area contributed by atoms with E-state index in [0.717, 1.165) is 0 Å². The van der Waals surface area contributed by atoms with Crippen LogP contribution in [0.5, 0.6) is 0 Å². The van der Waals surface area contributed by atoms with E-state index >= 15 is 0 Å². The molecule has 1 rings (SSSR count). The lowest BCUT2D eigenvalue weighted by atomic mass is 9.95. The van der Waals surface area contributed by atoms with Gasteiger partial charge in [-0.2, -0.15) is 0 Å². The largest absolute Gasteiger partial charge is 0.509 e. The zero-order valence-corrected chi connectivity index (χ0v) is 12.1. The van der Waals surface area contributed by atoms with Crippen LogP contribution in [-0.2, 0) is 0 Å². The van der Waals surface area contributed by atoms with Crippen molar-refractivity contribution >= 4 is 5.57 Å². The zero-order valence-electron chi connectivity index (χ0n) is 12.1. The van der Waals surface area contributed by atoms with Crippen LogP contribution < -0.4 is 0 Å². The Kier molecular flexibility index (Phi) is 7.23. The maximum absolute atomic E-state index is 10.2. The summed E-state index contributed by atoms with van der Waals surface area (Å²) in [6.45, 7) is 2.79. The highest BCUT2D eigenvalue weighted by Gasteiger charge is 2.33. The van der Waals surface area contributed by atoms with Gasteiger partial charge in [-0.05, 0) is 12.0 Å². The minimum atomic E-state index is -1.86. The van der Waals surface area contributed by atoms with E-state index in [1.54, 1.807) is 30.3 Å². The van der Waals surface area contributed by atoms with E-state index < -0.39 is 36.8 Å². The van der Waals surface area contributed by atoms with E-state index in [0.29, 0.717) is 11.1 Å². The van der Waals surface area contributed by atoms with E-state index in [4.69, 9.17) is 5.11 Å². The molecule has 0 bridgehead atoms. The van der Waals surface area contributed by atoms with Crippen molar-refractivity contribution in [2.45, 2.75) is 30.8 Å². The molecule has 6 N–H and O–H groups in total. The molecule has 1 aromatic rings. The van der Waals surface area contributed by atoms with Crippen LogP contribution in [0.1, 0.15) is 12.0 Å². The molecule has 0 fully saturated rings. The summed E-state index contributed by atoms with van der Waals surface area (Å²) in [6, 6.07) is 8.72. The molecule has 0 saturated carbocycles. The Morgan fingerprint density at radius 3 is 2.14 bits per heavy atom. The van der Waals surface area contributed by atoms with Crippen LogP contribution in [0.15, 0.2) is 48.7 Å². The van der Waals surface area contributed by atoms with E-state index in [1.165, 1.54) is 6.08 Å². The van der Waals surface area contributed by atoms with E-state index in [9.17, 15) is 25.5 Å². The van der Waals surface area contributed by atoms with Gasteiger partial charge in [0.2, 0.25) is 0 Å². The summed E-state index contributed by atoms with van der Waals surface area (Å²) < 4.78 is 0. The quantitative estimate of drug-likeness (QED) is 0.296. The molecule has 22 heavy (non-hydrogen) atoms. The number of rotatable bonds is 8. The molecular weight excluding hydrogens is 288 g/mol. The SMILES string of the molecule is C=CCC(=C(O)C(O)C(O)C(O)C(O)CO)c1ccccc1. The summed E-state index contributed by atoms with van der Waals surface area (Å²) in [5, 5.41) is 57.7. The molecule has 6 heteroatoms. The van der Waals surface area contributed by atoms with Crippen molar-refractivity contribution in [3.63, 3.8) is 0 Å². The van der Waals surface area contributed by atoms with Crippen LogP contribution in [0.25, 0.3) is 5.57 Å². The summed E-state index contributed by atoms with van der Waals surface area (Å²) >= 11 is 0. The third kappa shape index (κ3) is 4.40. The summed E-state index contributed by atoms with van der Waals surface area (Å²) in [5.74, 6) is -0.525. The molecule has 4 atom stereocenters. The minimum Gasteiger partial charge on any atom is -0.509 e. The molecule has 122 valence electrons. The van der Waals surface area contributed by atoms with E-state index in [2.05, 4.69) is 6.58 Å². The van der Waals surface area contributed by atoms with Gasteiger partial charge >= 0.3 is 0 Å². The van der Waals surface area contributed by atoms with Gasteiger partial charge in [0.05, 0.1) is 6.61 Å². The van der Waals surface area contributed by atoms with Crippen molar-refractivity contribution in [2.24, 2.45) is 0 Å². The van der Waals surface area contributed by atoms with Gasteiger partial charge in [-0.15, -0.1) is 6.58 Å². The number of hydrogen-bond donors (Lipinski definition) is 6. The molecule has 0 saturated heterocycles. The van der Waals surface area contributed by atoms with Gasteiger partial charge in [0.1, 0.15) is 30.2 Å². The zero-order chi connectivity index (χ0) is 16.7. The fraction of sp³-hybridized carbons (Fsp3) is 0.375. The van der Waals surface area contributed by atoms with Gasteiger partial charge in [-0.1, -0.05) is 36.4 Å². The van der Waals surface area contributed by atoms with E-state index in [1.807, 2.05) is 0 Å². The van der Waals surface area contributed by atoms with Crippen molar-refractivity contribution < 1.29 is 30.6 Å². The van der Waals surface area contributed by atoms with Gasteiger partial charge in [0, 0.05) is 5.57 Å². The number of allylic oxidation sites excluding steroid dienone is 2. The first-order chi connectivity index (χ1) is 10.4. The molecule has 0 radical (unpaired) electrons. The molecule has 0 aliphatic rings. The molecule has 0 heterocycles. The van der Waals surface area contributed by atoms with Crippen molar-refractivity contribution in [3.8, 4) is 0 Å². The smallest absolute Gasteiger partial charge is 0.139 e. The topological polar surface area (TPSA) is 121 Å². The standard InChI is InChI=1S/C16H22O6/c1-2-6-11(10-7-4-3-5-8-10)13(19)15(21)16(22)14(20)12(18)9-17/h2-5,7-8,12,14-22H,1,6,9H2. The second-order valence-corrected chi connectivity index (χ2v) is 4.90. The first kappa shape index (κ1) is 18.3. The lowest BCUT2D eigenvalue weighted by molar-refractivity contribution is -0.112. The third-order valence-corrected chi connectivity index (χ3v) is 3.31. The van der Waals surface area contributed by atoms with Crippen LogP contribution in [0, 0.1) is 0 Å². The normalized spacial score (nSPS) is 18.0. The fourth-order valence-corrected chi connectivity index (χ4v) is 2.02. The molecule has 6 nitrogen and oxygen atoms in total. The summed E-state index contributed by atoms with van der Waals surface area (Å²) in [4.78, 5) is 0. The second-order valence-electron chi connectivity index (χ2n) is 4.90. The summed E-state index contributed by atoms with van der Waals surface area (Å²) in [7, 11) is 0. The van der Waals surface area contributed by atoms with Crippen molar-refractivity contribution in [1.29, 1.82) is 0 Å². The number of aliphatic hydroxyl groups excluding tert-OH is 6. The predicted octanol–water partition coefficient (Wildman–Crippen LogP) is -0.0323. The fourth-order valence-electron chi connectivity index (χ4n) is 2.02. The van der Waals surface area contributed by atoms with Gasteiger partial charge in [-0.25, -0.2) is 0 Å². The average molecular weight is 310 g/mol. The number of benzene rings is 1. The number of aliphatic hydroxyl groups is 6. The Morgan fingerprint density at radius 1 is 1.05 bits per heavy atom. The molecule has 0 spiro atoms. The van der Waals surface area contributed by atoms with Crippen LogP contribution in [0.2, 0.25) is 0 Å². The Bertz CT molecular complexity index is 499. The van der Waals surface area contributed by atoms with Crippen LogP contribution in [0.3, 0.4) is 0 Å². The molecule has 0 amide bonds. The van der Waals surface area contributed by atoms with Gasteiger partial charge in [-0.3, -0.25) is 0 Å². The third-order valence-electron chi connectivity index (χ3n) is 3.31. The van der Waals surface area contributed by atoms with Crippen molar-refractivity contribution in [2.75, 3.05) is 6.61 Å². The van der Waals surface area contributed by atoms with Crippen molar-refractivity contribution in [1.82, 2.24) is 0 Å². The molecule has 0 aliphatic carbocycles. The molecule has 0 aliphatic heterocycles. The minimum absolute atomic E-state index is 0.234. The second kappa shape index (κ2) is 8.67. The highest BCUT2D eigenvalue weighted by molar-refractivity contribution is 5.69. The summed E-state index contributed by atoms with van der Waals surface area (Å²) in [5.41, 5.74) is 0.969. The number of hydrogen-bond acceptors (Lipinski definition) is 6. The predicted molar refractivity (Wildman–Crippen MR) is 81.9 cm³/mol.